The van der Waals surface area contributed by atoms with Crippen molar-refractivity contribution in [2.45, 2.75) is 38.6 Å². The van der Waals surface area contributed by atoms with E-state index >= 15 is 0 Å². The molecular formula is C32H40N2O2. The van der Waals surface area contributed by atoms with Crippen LogP contribution >= 0.6 is 0 Å². The molecule has 0 aliphatic carbocycles. The van der Waals surface area contributed by atoms with Crippen LogP contribution in [0.2, 0.25) is 0 Å². The molecule has 4 N–H and O–H groups in total. The zero-order chi connectivity index (χ0) is 24.4. The lowest BCUT2D eigenvalue weighted by Gasteiger charge is -2.06. The number of aryl methyl sites for hydroxylation is 1. The Morgan fingerprint density at radius 3 is 1.92 bits per heavy atom. The van der Waals surface area contributed by atoms with Gasteiger partial charge >= 0.3 is 0 Å². The van der Waals surface area contributed by atoms with E-state index in [0.29, 0.717) is 6.42 Å². The maximum Gasteiger partial charge on any atom is 0.120 e. The monoisotopic (exact) mass is 484 g/mol. The molecular weight excluding hydrogens is 444 g/mol. The second-order valence-corrected chi connectivity index (χ2v) is 8.74. The second-order valence-electron chi connectivity index (χ2n) is 8.74. The van der Waals surface area contributed by atoms with Gasteiger partial charge in [-0.15, -0.1) is 0 Å². The van der Waals surface area contributed by atoms with Crippen LogP contribution in [0.4, 0.5) is 0 Å². The van der Waals surface area contributed by atoms with Crippen LogP contribution in [0, 0.1) is 0 Å². The Balaban J connectivity index is 0.000000281. The molecule has 4 heteroatoms. The molecule has 0 saturated carbocycles. The summed E-state index contributed by atoms with van der Waals surface area (Å²) in [6, 6.07) is 36.3. The maximum atomic E-state index is 10.0. The molecule has 4 rings (SSSR count). The van der Waals surface area contributed by atoms with Gasteiger partial charge in [0.25, 0.3) is 0 Å². The van der Waals surface area contributed by atoms with Crippen molar-refractivity contribution in [3.05, 3.63) is 120 Å². The van der Waals surface area contributed by atoms with E-state index in [-0.39, 0.29) is 5.48 Å². The van der Waals surface area contributed by atoms with E-state index < -0.39 is 0 Å². The SMILES string of the molecule is O.O=CCCCNCc1ccccc1.c1ccc(CCCNCCc2ccc3ccccc3c2)cc1. The third-order valence-corrected chi connectivity index (χ3v) is 5.91. The van der Waals surface area contributed by atoms with Crippen LogP contribution in [0.1, 0.15) is 36.0 Å². The number of rotatable bonds is 13. The van der Waals surface area contributed by atoms with E-state index in [1.165, 1.54) is 33.9 Å². The normalized spacial score (nSPS) is 10.2. The van der Waals surface area contributed by atoms with E-state index in [4.69, 9.17) is 0 Å². The molecule has 0 unspecified atom stereocenters. The van der Waals surface area contributed by atoms with Crippen molar-refractivity contribution in [3.63, 3.8) is 0 Å². The molecule has 4 aromatic rings. The zero-order valence-corrected chi connectivity index (χ0v) is 21.2. The topological polar surface area (TPSA) is 72.6 Å². The Kier molecular flexibility index (Phi) is 14.5. The summed E-state index contributed by atoms with van der Waals surface area (Å²) in [7, 11) is 0. The van der Waals surface area contributed by atoms with Gasteiger partial charge in [0.05, 0.1) is 0 Å². The third kappa shape index (κ3) is 11.4. The van der Waals surface area contributed by atoms with Crippen molar-refractivity contribution >= 4 is 17.1 Å². The molecule has 0 aliphatic heterocycles. The Morgan fingerprint density at radius 2 is 1.19 bits per heavy atom. The molecule has 0 heterocycles. The number of carbonyl (C=O) groups excluding carboxylic acids is 1. The quantitative estimate of drug-likeness (QED) is 0.193. The highest BCUT2D eigenvalue weighted by atomic mass is 16.1. The highest BCUT2D eigenvalue weighted by Gasteiger charge is 1.97. The molecule has 0 amide bonds. The van der Waals surface area contributed by atoms with E-state index in [2.05, 4.69) is 95.6 Å². The van der Waals surface area contributed by atoms with Crippen LogP contribution in [-0.4, -0.2) is 31.4 Å². The first-order valence-corrected chi connectivity index (χ1v) is 12.8. The van der Waals surface area contributed by atoms with Crippen LogP contribution in [0.3, 0.4) is 0 Å². The van der Waals surface area contributed by atoms with Crippen molar-refractivity contribution in [1.29, 1.82) is 0 Å². The summed E-state index contributed by atoms with van der Waals surface area (Å²) in [5.74, 6) is 0. The summed E-state index contributed by atoms with van der Waals surface area (Å²) in [5, 5.41) is 9.49. The van der Waals surface area contributed by atoms with E-state index in [9.17, 15) is 4.79 Å². The lowest BCUT2D eigenvalue weighted by atomic mass is 10.1. The van der Waals surface area contributed by atoms with Crippen LogP contribution < -0.4 is 10.6 Å². The molecule has 190 valence electrons. The molecule has 0 bridgehead atoms. The first kappa shape index (κ1) is 28.9. The van der Waals surface area contributed by atoms with Gasteiger partial charge < -0.3 is 20.9 Å². The predicted molar refractivity (Wildman–Crippen MR) is 152 cm³/mol. The van der Waals surface area contributed by atoms with Gasteiger partial charge in [-0.1, -0.05) is 103 Å². The number of aldehydes is 1. The van der Waals surface area contributed by atoms with Gasteiger partial charge in [0, 0.05) is 13.0 Å². The average molecular weight is 485 g/mol. The summed E-state index contributed by atoms with van der Waals surface area (Å²) >= 11 is 0. The minimum Gasteiger partial charge on any atom is -0.412 e. The molecule has 36 heavy (non-hydrogen) atoms. The first-order valence-electron chi connectivity index (χ1n) is 12.8. The summed E-state index contributed by atoms with van der Waals surface area (Å²) in [4.78, 5) is 10.0. The van der Waals surface area contributed by atoms with Gasteiger partial charge in [-0.2, -0.15) is 0 Å². The van der Waals surface area contributed by atoms with Gasteiger partial charge in [0.1, 0.15) is 6.29 Å². The standard InChI is InChI=1S/C21H23N.C11H15NO.H2O/c1-2-7-18(8-3-1)9-6-15-22-16-14-19-12-13-20-10-4-5-11-21(20)17-19;13-9-5-4-8-12-10-11-6-2-1-3-7-11;/h1-5,7-8,10-13,17,22H,6,9,14-16H2;1-3,6-7,9,12H,4-5,8,10H2;1H2. The lowest BCUT2D eigenvalue weighted by Crippen LogP contribution is -2.19. The Morgan fingerprint density at radius 1 is 0.556 bits per heavy atom. The largest absolute Gasteiger partial charge is 0.412 e. The van der Waals surface area contributed by atoms with Crippen molar-refractivity contribution in [3.8, 4) is 0 Å². The predicted octanol–water partition coefficient (Wildman–Crippen LogP) is 5.54. The molecule has 0 aliphatic rings. The van der Waals surface area contributed by atoms with Gasteiger partial charge in [0.15, 0.2) is 0 Å². The maximum absolute atomic E-state index is 10.0. The average Bonchev–Trinajstić information content (AvgIpc) is 2.92. The highest BCUT2D eigenvalue weighted by Crippen LogP contribution is 2.15. The Labute approximate surface area is 216 Å². The van der Waals surface area contributed by atoms with Gasteiger partial charge in [-0.25, -0.2) is 0 Å². The van der Waals surface area contributed by atoms with Crippen molar-refractivity contribution in [1.82, 2.24) is 10.6 Å². The van der Waals surface area contributed by atoms with Crippen LogP contribution in [0.15, 0.2) is 103 Å². The van der Waals surface area contributed by atoms with Crippen molar-refractivity contribution < 1.29 is 10.3 Å². The Bertz CT molecular complexity index is 1100. The van der Waals surface area contributed by atoms with Crippen LogP contribution in [0.5, 0.6) is 0 Å². The number of carbonyl (C=O) groups is 1. The molecule has 0 fully saturated rings. The number of benzene rings is 4. The summed E-state index contributed by atoms with van der Waals surface area (Å²) in [5.41, 5.74) is 4.13. The fraction of sp³-hybridized carbons (Fsp3) is 0.281. The van der Waals surface area contributed by atoms with Gasteiger partial charge in [0.2, 0.25) is 0 Å². The number of hydrogen-bond acceptors (Lipinski definition) is 3. The molecule has 0 aromatic heterocycles. The number of hydrogen-bond donors (Lipinski definition) is 2. The fourth-order valence-corrected chi connectivity index (χ4v) is 3.95. The number of unbranched alkanes of at least 4 members (excludes halogenated alkanes) is 1. The molecule has 4 aromatic carbocycles. The van der Waals surface area contributed by atoms with Gasteiger partial charge in [-0.3, -0.25) is 0 Å². The summed E-state index contributed by atoms with van der Waals surface area (Å²) in [6.07, 6.45) is 5.99. The van der Waals surface area contributed by atoms with E-state index in [1.54, 1.807) is 0 Å². The molecule has 0 saturated heterocycles. The van der Waals surface area contributed by atoms with E-state index in [1.807, 2.05) is 18.2 Å². The third-order valence-electron chi connectivity index (χ3n) is 5.91. The zero-order valence-electron chi connectivity index (χ0n) is 21.2. The van der Waals surface area contributed by atoms with Gasteiger partial charge in [-0.05, 0) is 72.8 Å². The number of nitrogens with one attached hydrogen (secondary N) is 2. The van der Waals surface area contributed by atoms with Crippen LogP contribution in [-0.2, 0) is 24.2 Å². The number of fused-ring (bicyclic) bond motifs is 1. The smallest absolute Gasteiger partial charge is 0.120 e. The van der Waals surface area contributed by atoms with E-state index in [0.717, 1.165) is 51.7 Å². The summed E-state index contributed by atoms with van der Waals surface area (Å²) < 4.78 is 0. The molecule has 0 spiro atoms. The molecule has 0 radical (unpaired) electrons. The second kappa shape index (κ2) is 18.0. The first-order chi connectivity index (χ1) is 17.3. The lowest BCUT2D eigenvalue weighted by molar-refractivity contribution is -0.107. The molecule has 0 atom stereocenters. The Hall–Kier alpha value is -3.31. The van der Waals surface area contributed by atoms with Crippen molar-refractivity contribution in [2.75, 3.05) is 19.6 Å². The fourth-order valence-electron chi connectivity index (χ4n) is 3.95. The molecule has 4 nitrogen and oxygen atoms in total. The van der Waals surface area contributed by atoms with Crippen LogP contribution in [0.25, 0.3) is 10.8 Å². The minimum absolute atomic E-state index is 0. The highest BCUT2D eigenvalue weighted by molar-refractivity contribution is 5.82. The minimum atomic E-state index is 0. The van der Waals surface area contributed by atoms with Crippen molar-refractivity contribution in [2.24, 2.45) is 0 Å². The summed E-state index contributed by atoms with van der Waals surface area (Å²) in [6.45, 7) is 3.93.